The van der Waals surface area contributed by atoms with Gasteiger partial charge >= 0.3 is 5.82 Å². The first-order chi connectivity index (χ1) is 15.5. The van der Waals surface area contributed by atoms with Crippen LogP contribution >= 0.6 is 11.8 Å². The molecule has 166 valence electrons. The van der Waals surface area contributed by atoms with Gasteiger partial charge in [0.05, 0.1) is 16.0 Å². The maximum Gasteiger partial charge on any atom is 0.363 e. The van der Waals surface area contributed by atoms with Crippen LogP contribution in [0.3, 0.4) is 0 Å². The number of hydrogen-bond acceptors (Lipinski definition) is 9. The maximum absolute atomic E-state index is 10.9. The molecule has 3 heterocycles. The molecule has 0 saturated carbocycles. The lowest BCUT2D eigenvalue weighted by Gasteiger charge is -2.21. The summed E-state index contributed by atoms with van der Waals surface area (Å²) in [4.78, 5) is 29.4. The van der Waals surface area contributed by atoms with Gasteiger partial charge < -0.3 is 24.7 Å². The average molecular weight is 453 g/mol. The molecule has 1 aliphatic heterocycles. The second-order valence-electron chi connectivity index (χ2n) is 7.68. The number of aromatic nitrogens is 3. The molecule has 1 saturated heterocycles. The summed E-state index contributed by atoms with van der Waals surface area (Å²) in [6.45, 7) is 2.13. The van der Waals surface area contributed by atoms with Gasteiger partial charge in [-0.1, -0.05) is 42.1 Å². The summed E-state index contributed by atoms with van der Waals surface area (Å²) < 4.78 is 6.09. The van der Waals surface area contributed by atoms with Crippen molar-refractivity contribution in [1.82, 2.24) is 19.9 Å². The molecule has 3 aromatic rings. The molecule has 0 aliphatic carbocycles. The predicted molar refractivity (Wildman–Crippen MR) is 122 cm³/mol. The van der Waals surface area contributed by atoms with Crippen LogP contribution in [0, 0.1) is 10.1 Å². The Bertz CT molecular complexity index is 1070. The van der Waals surface area contributed by atoms with E-state index in [9.17, 15) is 10.1 Å². The van der Waals surface area contributed by atoms with Crippen LogP contribution in [0.4, 0.5) is 11.8 Å². The lowest BCUT2D eigenvalue weighted by Crippen LogP contribution is -2.32. The standard InChI is InChI=1S/C22H24N6O3S/c1-26(2)17-10-11-27(14-17)22-24-13-19(32-18-8-9-20(23-12-18)28(29)30)21(25-22)31-15-16-6-4-3-5-7-16/h3-9,12-13,17H,10-11,14-15H2,1-2H3. The van der Waals surface area contributed by atoms with Crippen LogP contribution in [-0.2, 0) is 6.61 Å². The SMILES string of the molecule is CN(C)C1CCN(c2ncc(Sc3ccc([N+](=O)[O-])nc3)c(OCc3ccccc3)n2)C1. The molecule has 10 heteroatoms. The van der Waals surface area contributed by atoms with Crippen LogP contribution in [-0.4, -0.2) is 58.0 Å². The highest BCUT2D eigenvalue weighted by Gasteiger charge is 2.26. The van der Waals surface area contributed by atoms with Crippen molar-refractivity contribution in [3.05, 3.63) is 70.5 Å². The fraction of sp³-hybridized carbons (Fsp3) is 0.318. The van der Waals surface area contributed by atoms with Gasteiger partial charge in [0.1, 0.15) is 6.61 Å². The van der Waals surface area contributed by atoms with Crippen molar-refractivity contribution in [2.45, 2.75) is 28.9 Å². The first kappa shape index (κ1) is 22.0. The van der Waals surface area contributed by atoms with E-state index in [2.05, 4.69) is 33.9 Å². The number of pyridine rings is 1. The van der Waals surface area contributed by atoms with Gasteiger partial charge in [-0.2, -0.15) is 4.98 Å². The van der Waals surface area contributed by atoms with Crippen LogP contribution in [0.2, 0.25) is 0 Å². The molecule has 0 radical (unpaired) electrons. The Morgan fingerprint density at radius 3 is 2.66 bits per heavy atom. The number of benzene rings is 1. The molecule has 1 aliphatic rings. The van der Waals surface area contributed by atoms with Crippen molar-refractivity contribution < 1.29 is 9.66 Å². The van der Waals surface area contributed by atoms with Gasteiger partial charge in [-0.15, -0.1) is 0 Å². The normalized spacial score (nSPS) is 15.8. The zero-order chi connectivity index (χ0) is 22.5. The average Bonchev–Trinajstić information content (AvgIpc) is 3.30. The Morgan fingerprint density at radius 1 is 1.19 bits per heavy atom. The molecule has 0 N–H and O–H groups in total. The summed E-state index contributed by atoms with van der Waals surface area (Å²) in [5.74, 6) is 0.935. The number of hydrogen-bond donors (Lipinski definition) is 0. The monoisotopic (exact) mass is 452 g/mol. The first-order valence-corrected chi connectivity index (χ1v) is 11.0. The molecule has 0 bridgehead atoms. The van der Waals surface area contributed by atoms with Gasteiger partial charge in [0.15, 0.2) is 6.20 Å². The molecule has 2 aromatic heterocycles. The summed E-state index contributed by atoms with van der Waals surface area (Å²) in [5, 5.41) is 10.9. The Morgan fingerprint density at radius 2 is 2.00 bits per heavy atom. The van der Waals surface area contributed by atoms with E-state index in [0.29, 0.717) is 24.5 Å². The minimum absolute atomic E-state index is 0.189. The van der Waals surface area contributed by atoms with Crippen molar-refractivity contribution in [2.24, 2.45) is 0 Å². The third kappa shape index (κ3) is 5.32. The largest absolute Gasteiger partial charge is 0.472 e. The van der Waals surface area contributed by atoms with Crippen molar-refractivity contribution in [2.75, 3.05) is 32.1 Å². The fourth-order valence-corrected chi connectivity index (χ4v) is 4.20. The van der Waals surface area contributed by atoms with Crippen LogP contribution in [0.5, 0.6) is 5.88 Å². The molecule has 32 heavy (non-hydrogen) atoms. The van der Waals surface area contributed by atoms with Gasteiger partial charge in [0, 0.05) is 25.2 Å². The third-order valence-corrected chi connectivity index (χ3v) is 6.22. The Balaban J connectivity index is 1.57. The van der Waals surface area contributed by atoms with Crippen molar-refractivity contribution in [1.29, 1.82) is 0 Å². The Hall–Kier alpha value is -3.24. The molecule has 1 unspecified atom stereocenters. The summed E-state index contributed by atoms with van der Waals surface area (Å²) in [5.41, 5.74) is 1.04. The van der Waals surface area contributed by atoms with Gasteiger partial charge in [0.2, 0.25) is 11.8 Å². The Kier molecular flexibility index (Phi) is 6.81. The number of likely N-dealkylation sites (N-methyl/N-ethyl adjacent to an activating group) is 1. The van der Waals surface area contributed by atoms with Crippen LogP contribution in [0.15, 0.2) is 64.6 Å². The number of anilines is 1. The minimum atomic E-state index is -0.516. The molecule has 1 fully saturated rings. The quantitative estimate of drug-likeness (QED) is 0.375. The van der Waals surface area contributed by atoms with Crippen molar-refractivity contribution in [3.63, 3.8) is 0 Å². The van der Waals surface area contributed by atoms with E-state index in [1.54, 1.807) is 12.3 Å². The van der Waals surface area contributed by atoms with Gasteiger partial charge in [-0.05, 0) is 42.1 Å². The highest BCUT2D eigenvalue weighted by molar-refractivity contribution is 7.99. The predicted octanol–water partition coefficient (Wildman–Crippen LogP) is 3.65. The zero-order valence-electron chi connectivity index (χ0n) is 17.9. The molecule has 0 amide bonds. The summed E-state index contributed by atoms with van der Waals surface area (Å²) in [7, 11) is 4.17. The summed E-state index contributed by atoms with van der Waals surface area (Å²) in [6, 6.07) is 13.4. The second kappa shape index (κ2) is 9.92. The Labute approximate surface area is 190 Å². The van der Waals surface area contributed by atoms with Gasteiger partial charge in [-0.3, -0.25) is 0 Å². The van der Waals surface area contributed by atoms with Crippen molar-refractivity contribution in [3.8, 4) is 5.88 Å². The molecule has 1 atom stereocenters. The topological polar surface area (TPSA) is 97.5 Å². The molecule has 0 spiro atoms. The highest BCUT2D eigenvalue weighted by atomic mass is 32.2. The lowest BCUT2D eigenvalue weighted by atomic mass is 10.2. The number of ether oxygens (including phenoxy) is 1. The summed E-state index contributed by atoms with van der Waals surface area (Å²) >= 11 is 1.36. The lowest BCUT2D eigenvalue weighted by molar-refractivity contribution is -0.389. The zero-order valence-corrected chi connectivity index (χ0v) is 18.7. The van der Waals surface area contributed by atoms with Crippen molar-refractivity contribution >= 4 is 23.5 Å². The second-order valence-corrected chi connectivity index (χ2v) is 8.79. The van der Waals surface area contributed by atoms with E-state index in [0.717, 1.165) is 34.9 Å². The van der Waals surface area contributed by atoms with E-state index in [1.165, 1.54) is 24.0 Å². The van der Waals surface area contributed by atoms with Crippen LogP contribution < -0.4 is 9.64 Å². The first-order valence-electron chi connectivity index (χ1n) is 10.2. The summed E-state index contributed by atoms with van der Waals surface area (Å²) in [6.07, 6.45) is 4.28. The smallest absolute Gasteiger partial charge is 0.363 e. The molecule has 4 rings (SSSR count). The molecule has 9 nitrogen and oxygen atoms in total. The van der Waals surface area contributed by atoms with Gasteiger partial charge in [0.25, 0.3) is 0 Å². The number of nitrogens with zero attached hydrogens (tertiary/aromatic N) is 6. The highest BCUT2D eigenvalue weighted by Crippen LogP contribution is 2.35. The third-order valence-electron chi connectivity index (χ3n) is 5.24. The molecular formula is C22H24N6O3S. The van der Waals surface area contributed by atoms with Crippen LogP contribution in [0.25, 0.3) is 0 Å². The van der Waals surface area contributed by atoms with E-state index < -0.39 is 4.92 Å². The number of rotatable bonds is 8. The molecular weight excluding hydrogens is 428 g/mol. The van der Waals surface area contributed by atoms with E-state index in [4.69, 9.17) is 9.72 Å². The van der Waals surface area contributed by atoms with Crippen LogP contribution in [0.1, 0.15) is 12.0 Å². The maximum atomic E-state index is 10.9. The molecule has 1 aromatic carbocycles. The van der Waals surface area contributed by atoms with Gasteiger partial charge in [-0.25, -0.2) is 4.98 Å². The minimum Gasteiger partial charge on any atom is -0.472 e. The van der Waals surface area contributed by atoms with E-state index >= 15 is 0 Å². The van der Waals surface area contributed by atoms with E-state index in [1.807, 2.05) is 30.3 Å². The number of nitro groups is 1. The fourth-order valence-electron chi connectivity index (χ4n) is 3.41. The van der Waals surface area contributed by atoms with E-state index in [-0.39, 0.29) is 5.82 Å².